The second-order valence-electron chi connectivity index (χ2n) is 9.33. The fourth-order valence-electron chi connectivity index (χ4n) is 4.97. The third kappa shape index (κ3) is 5.40. The highest BCUT2D eigenvalue weighted by Crippen LogP contribution is 2.30. The summed E-state index contributed by atoms with van der Waals surface area (Å²) in [6.07, 6.45) is 5.78. The maximum Gasteiger partial charge on any atom is 0.257 e. The monoisotopic (exact) mass is 479 g/mol. The van der Waals surface area contributed by atoms with Crippen LogP contribution < -0.4 is 5.32 Å². The van der Waals surface area contributed by atoms with Crippen LogP contribution in [0.4, 0.5) is 5.69 Å². The van der Waals surface area contributed by atoms with E-state index in [1.54, 1.807) is 12.1 Å². The van der Waals surface area contributed by atoms with Crippen LogP contribution in [0.15, 0.2) is 30.5 Å². The second-order valence-corrected chi connectivity index (χ2v) is 9.77. The maximum absolute atomic E-state index is 12.9. The Bertz CT molecular complexity index is 1110. The molecule has 178 valence electrons. The van der Waals surface area contributed by atoms with E-state index < -0.39 is 0 Å². The quantitative estimate of drug-likeness (QED) is 0.686. The molecule has 8 heteroatoms. The number of nitrogens with zero attached hydrogens (tertiary/aromatic N) is 4. The summed E-state index contributed by atoms with van der Waals surface area (Å²) in [7, 11) is 0. The van der Waals surface area contributed by atoms with Crippen molar-refractivity contribution in [1.29, 1.82) is 5.26 Å². The van der Waals surface area contributed by atoms with E-state index >= 15 is 0 Å². The first-order chi connectivity index (χ1) is 16.4. The van der Waals surface area contributed by atoms with Crippen molar-refractivity contribution in [3.63, 3.8) is 0 Å². The highest BCUT2D eigenvalue weighted by atomic mass is 35.5. The Hall–Kier alpha value is -2.95. The summed E-state index contributed by atoms with van der Waals surface area (Å²) in [4.78, 5) is 34.0. The van der Waals surface area contributed by atoms with Crippen LogP contribution in [0.5, 0.6) is 0 Å². The van der Waals surface area contributed by atoms with Gasteiger partial charge in [0.05, 0.1) is 5.56 Å². The van der Waals surface area contributed by atoms with Gasteiger partial charge in [0.1, 0.15) is 11.8 Å². The molecule has 2 heterocycles. The predicted octanol–water partition coefficient (Wildman–Crippen LogP) is 4.39. The van der Waals surface area contributed by atoms with Gasteiger partial charge >= 0.3 is 0 Å². The Labute approximate surface area is 205 Å². The molecule has 4 rings (SSSR count). The summed E-state index contributed by atoms with van der Waals surface area (Å²) in [5.74, 6) is 0.230. The minimum atomic E-state index is -0.305. The third-order valence-electron chi connectivity index (χ3n) is 6.96. The zero-order chi connectivity index (χ0) is 24.2. The molecule has 1 aromatic heterocycles. The summed E-state index contributed by atoms with van der Waals surface area (Å²) >= 11 is 6.40. The van der Waals surface area contributed by atoms with E-state index in [-0.39, 0.29) is 23.6 Å². The number of aromatic nitrogens is 1. The molecule has 2 fully saturated rings. The molecule has 2 amide bonds. The Morgan fingerprint density at radius 1 is 1.24 bits per heavy atom. The molecule has 2 aromatic rings. The van der Waals surface area contributed by atoms with Crippen LogP contribution in [0.2, 0.25) is 5.02 Å². The van der Waals surface area contributed by atoms with Crippen LogP contribution in [-0.2, 0) is 11.3 Å². The molecular formula is C26H30ClN5O2. The molecule has 1 N–H and O–H groups in total. The van der Waals surface area contributed by atoms with Gasteiger partial charge < -0.3 is 10.2 Å². The van der Waals surface area contributed by atoms with Crippen LogP contribution in [0, 0.1) is 24.2 Å². The number of hydrogen-bond acceptors (Lipinski definition) is 5. The molecule has 0 unspecified atom stereocenters. The zero-order valence-corrected chi connectivity index (χ0v) is 20.4. The van der Waals surface area contributed by atoms with Crippen molar-refractivity contribution < 1.29 is 9.59 Å². The fraction of sp³-hybridized carbons (Fsp3) is 0.462. The number of piperazine rings is 1. The number of benzene rings is 1. The summed E-state index contributed by atoms with van der Waals surface area (Å²) in [6, 6.07) is 8.90. The number of carbonyl (C=O) groups excluding carboxylic acids is 2. The van der Waals surface area contributed by atoms with Gasteiger partial charge in [-0.15, -0.1) is 0 Å². The van der Waals surface area contributed by atoms with E-state index in [0.717, 1.165) is 43.6 Å². The van der Waals surface area contributed by atoms with E-state index in [1.165, 1.54) is 25.1 Å². The Kier molecular flexibility index (Phi) is 7.50. The van der Waals surface area contributed by atoms with Crippen LogP contribution in [0.25, 0.3) is 0 Å². The van der Waals surface area contributed by atoms with E-state index in [9.17, 15) is 9.59 Å². The molecule has 7 nitrogen and oxygen atoms in total. The normalized spacial score (nSPS) is 19.1. The first-order valence-electron chi connectivity index (χ1n) is 11.8. The minimum absolute atomic E-state index is 0.171. The van der Waals surface area contributed by atoms with Crippen molar-refractivity contribution in [2.75, 3.05) is 25.0 Å². The lowest BCUT2D eigenvalue weighted by Crippen LogP contribution is -2.54. The molecule has 2 aliphatic rings. The van der Waals surface area contributed by atoms with Crippen LogP contribution >= 0.6 is 11.6 Å². The van der Waals surface area contributed by atoms with Crippen LogP contribution in [-0.4, -0.2) is 52.3 Å². The highest BCUT2D eigenvalue weighted by Gasteiger charge is 2.33. The molecule has 34 heavy (non-hydrogen) atoms. The summed E-state index contributed by atoms with van der Waals surface area (Å²) in [5.41, 5.74) is 3.29. The van der Waals surface area contributed by atoms with Gasteiger partial charge in [0.25, 0.3) is 5.91 Å². The topological polar surface area (TPSA) is 89.3 Å². The fourth-order valence-corrected chi connectivity index (χ4v) is 5.21. The van der Waals surface area contributed by atoms with Crippen molar-refractivity contribution in [2.45, 2.75) is 52.1 Å². The van der Waals surface area contributed by atoms with Crippen LogP contribution in [0.3, 0.4) is 0 Å². The molecule has 0 bridgehead atoms. The first-order valence-corrected chi connectivity index (χ1v) is 12.2. The van der Waals surface area contributed by atoms with Crippen LogP contribution in [0.1, 0.15) is 59.8 Å². The third-order valence-corrected chi connectivity index (χ3v) is 7.18. The molecule has 0 spiro atoms. The van der Waals surface area contributed by atoms with Gasteiger partial charge in [0.15, 0.2) is 0 Å². The standard InChI is InChI=1S/C26H30ClN5O2/c1-17-15-31(9-10-32(17)26(34)19-5-3-4-6-19)16-21-11-22(27)12-24(18(21)2)30-25(33)20-7-8-23(13-28)29-14-20/h7-8,11-12,14,17,19H,3-6,9-10,15-16H2,1-2H3,(H,30,33)/t17-/m0/s1. The smallest absolute Gasteiger partial charge is 0.257 e. The molecule has 1 aromatic carbocycles. The molecule has 1 saturated carbocycles. The minimum Gasteiger partial charge on any atom is -0.337 e. The molecule has 1 aliphatic carbocycles. The molecule has 1 aliphatic heterocycles. The van der Waals surface area contributed by atoms with Gasteiger partial charge in [-0.05, 0) is 62.1 Å². The molecule has 1 atom stereocenters. The number of rotatable bonds is 5. The van der Waals surface area contributed by atoms with Crippen molar-refractivity contribution in [3.8, 4) is 6.07 Å². The molecule has 1 saturated heterocycles. The Balaban J connectivity index is 1.42. The maximum atomic E-state index is 12.9. The second kappa shape index (κ2) is 10.5. The Morgan fingerprint density at radius 3 is 2.65 bits per heavy atom. The number of carbonyl (C=O) groups is 2. The van der Waals surface area contributed by atoms with Gasteiger partial charge in [-0.1, -0.05) is 24.4 Å². The predicted molar refractivity (Wildman–Crippen MR) is 132 cm³/mol. The summed E-state index contributed by atoms with van der Waals surface area (Å²) in [5, 5.41) is 12.4. The largest absolute Gasteiger partial charge is 0.337 e. The van der Waals surface area contributed by atoms with Crippen molar-refractivity contribution in [1.82, 2.24) is 14.8 Å². The SMILES string of the molecule is Cc1c(CN2CCN(C(=O)C3CCCC3)[C@@H](C)C2)cc(Cl)cc1NC(=O)c1ccc(C#N)nc1. The lowest BCUT2D eigenvalue weighted by molar-refractivity contribution is -0.140. The van der Waals surface area contributed by atoms with Crippen molar-refractivity contribution in [2.24, 2.45) is 5.92 Å². The highest BCUT2D eigenvalue weighted by molar-refractivity contribution is 6.31. The zero-order valence-electron chi connectivity index (χ0n) is 19.7. The van der Waals surface area contributed by atoms with Gasteiger partial charge in [0, 0.05) is 55.0 Å². The van der Waals surface area contributed by atoms with E-state index in [2.05, 4.69) is 27.0 Å². The number of nitriles is 1. The number of halogens is 1. The lowest BCUT2D eigenvalue weighted by Gasteiger charge is -2.41. The number of hydrogen-bond donors (Lipinski definition) is 1. The lowest BCUT2D eigenvalue weighted by atomic mass is 10.0. The first kappa shape index (κ1) is 24.2. The van der Waals surface area contributed by atoms with E-state index in [4.69, 9.17) is 16.9 Å². The number of nitrogens with one attached hydrogen (secondary N) is 1. The van der Waals surface area contributed by atoms with Gasteiger partial charge in [0.2, 0.25) is 5.91 Å². The van der Waals surface area contributed by atoms with E-state index in [0.29, 0.717) is 28.7 Å². The van der Waals surface area contributed by atoms with Crippen molar-refractivity contribution in [3.05, 3.63) is 57.9 Å². The van der Waals surface area contributed by atoms with Gasteiger partial charge in [-0.3, -0.25) is 14.5 Å². The average molecular weight is 480 g/mol. The van der Waals surface area contributed by atoms with Gasteiger partial charge in [-0.2, -0.15) is 5.26 Å². The number of anilines is 1. The Morgan fingerprint density at radius 2 is 2.00 bits per heavy atom. The average Bonchev–Trinajstić information content (AvgIpc) is 3.37. The summed E-state index contributed by atoms with van der Waals surface area (Å²) < 4.78 is 0. The number of amides is 2. The van der Waals surface area contributed by atoms with E-state index in [1.807, 2.05) is 19.1 Å². The number of pyridine rings is 1. The summed E-state index contributed by atoms with van der Waals surface area (Å²) in [6.45, 7) is 7.16. The molecule has 0 radical (unpaired) electrons. The van der Waals surface area contributed by atoms with Gasteiger partial charge in [-0.25, -0.2) is 4.98 Å². The van der Waals surface area contributed by atoms with Crippen molar-refractivity contribution >= 4 is 29.1 Å². The molecular weight excluding hydrogens is 450 g/mol.